The first-order valence-corrected chi connectivity index (χ1v) is 11.1. The van der Waals surface area contributed by atoms with Gasteiger partial charge in [0.1, 0.15) is 16.5 Å². The van der Waals surface area contributed by atoms with Crippen LogP contribution in [0.5, 0.6) is 5.75 Å². The molecule has 1 atom stereocenters. The van der Waals surface area contributed by atoms with Crippen LogP contribution in [-0.4, -0.2) is 40.1 Å². The Morgan fingerprint density at radius 3 is 2.57 bits per heavy atom. The van der Waals surface area contributed by atoms with Crippen LogP contribution in [-0.2, 0) is 10.0 Å². The van der Waals surface area contributed by atoms with Crippen molar-refractivity contribution in [1.29, 1.82) is 0 Å². The third-order valence-corrected chi connectivity index (χ3v) is 6.89. The normalized spacial score (nSPS) is 16.7. The highest BCUT2D eigenvalue weighted by Crippen LogP contribution is 2.31. The summed E-state index contributed by atoms with van der Waals surface area (Å²) in [4.78, 5) is 2.14. The summed E-state index contributed by atoms with van der Waals surface area (Å²) in [6.45, 7) is 1.94. The van der Waals surface area contributed by atoms with Crippen LogP contribution in [0.15, 0.2) is 47.4 Å². The largest absolute Gasteiger partial charge is 0.496 e. The number of para-hydroxylation sites is 1. The first-order chi connectivity index (χ1) is 13.4. The van der Waals surface area contributed by atoms with E-state index in [1.807, 2.05) is 24.3 Å². The van der Waals surface area contributed by atoms with E-state index in [1.165, 1.54) is 12.5 Å². The fourth-order valence-electron chi connectivity index (χ4n) is 3.57. The minimum atomic E-state index is -3.89. The highest BCUT2D eigenvalue weighted by Gasteiger charge is 2.27. The molecule has 2 aromatic carbocycles. The Kier molecular flexibility index (Phi) is 6.93. The Bertz CT molecular complexity index is 917. The fraction of sp³-hybridized carbons (Fsp3) is 0.400. The van der Waals surface area contributed by atoms with Crippen molar-refractivity contribution in [3.05, 3.63) is 58.9 Å². The number of methoxy groups -OCH3 is 1. The van der Waals surface area contributed by atoms with E-state index < -0.39 is 15.8 Å². The first kappa shape index (κ1) is 21.0. The molecule has 152 valence electrons. The maximum atomic E-state index is 13.3. The van der Waals surface area contributed by atoms with Crippen LogP contribution in [0.4, 0.5) is 4.39 Å². The Morgan fingerprint density at radius 2 is 1.89 bits per heavy atom. The maximum Gasteiger partial charge on any atom is 0.242 e. The minimum absolute atomic E-state index is 0.131. The Morgan fingerprint density at radius 1 is 1.18 bits per heavy atom. The molecule has 0 unspecified atom stereocenters. The summed E-state index contributed by atoms with van der Waals surface area (Å²) >= 11 is 5.95. The molecule has 1 fully saturated rings. The van der Waals surface area contributed by atoms with E-state index in [0.717, 1.165) is 49.4 Å². The van der Waals surface area contributed by atoms with E-state index in [0.29, 0.717) is 0 Å². The van der Waals surface area contributed by atoms with E-state index in [9.17, 15) is 12.8 Å². The number of nitrogens with one attached hydrogen (secondary N) is 1. The number of piperidine rings is 1. The Balaban J connectivity index is 1.87. The molecule has 1 aliphatic heterocycles. The van der Waals surface area contributed by atoms with Gasteiger partial charge >= 0.3 is 0 Å². The lowest BCUT2D eigenvalue weighted by Gasteiger charge is -2.35. The summed E-state index contributed by atoms with van der Waals surface area (Å²) in [5, 5.41) is -0.140. The quantitative estimate of drug-likeness (QED) is 0.727. The molecule has 5 nitrogen and oxygen atoms in total. The number of rotatable bonds is 7. The number of hydrogen-bond acceptors (Lipinski definition) is 4. The molecule has 1 aliphatic rings. The SMILES string of the molecule is COc1ccccc1[C@H](CNS(=O)(=O)c1ccc(F)cc1Cl)N1CCCCC1. The van der Waals surface area contributed by atoms with E-state index in [-0.39, 0.29) is 22.5 Å². The summed E-state index contributed by atoms with van der Waals surface area (Å²) in [5.74, 6) is 0.140. The van der Waals surface area contributed by atoms with Gasteiger partial charge in [0.15, 0.2) is 0 Å². The second kappa shape index (κ2) is 9.22. The van der Waals surface area contributed by atoms with Crippen molar-refractivity contribution in [3.8, 4) is 5.75 Å². The van der Waals surface area contributed by atoms with Crippen LogP contribution in [0.25, 0.3) is 0 Å². The number of ether oxygens (including phenoxy) is 1. The highest BCUT2D eigenvalue weighted by molar-refractivity contribution is 7.89. The molecule has 0 spiro atoms. The van der Waals surface area contributed by atoms with Crippen molar-refractivity contribution in [1.82, 2.24) is 9.62 Å². The fourth-order valence-corrected chi connectivity index (χ4v) is 5.13. The summed E-state index contributed by atoms with van der Waals surface area (Å²) in [5.41, 5.74) is 0.930. The highest BCUT2D eigenvalue weighted by atomic mass is 35.5. The maximum absolute atomic E-state index is 13.3. The third kappa shape index (κ3) is 4.84. The van der Waals surface area contributed by atoms with Gasteiger partial charge in [0.2, 0.25) is 10.0 Å². The van der Waals surface area contributed by atoms with Crippen LogP contribution in [0.1, 0.15) is 30.9 Å². The predicted molar refractivity (Wildman–Crippen MR) is 108 cm³/mol. The van der Waals surface area contributed by atoms with Crippen molar-refractivity contribution >= 4 is 21.6 Å². The van der Waals surface area contributed by atoms with Crippen LogP contribution >= 0.6 is 11.6 Å². The number of hydrogen-bond donors (Lipinski definition) is 1. The molecule has 0 bridgehead atoms. The topological polar surface area (TPSA) is 58.6 Å². The number of halogens is 2. The van der Waals surface area contributed by atoms with E-state index in [4.69, 9.17) is 16.3 Å². The van der Waals surface area contributed by atoms with Crippen molar-refractivity contribution < 1.29 is 17.5 Å². The zero-order valence-electron chi connectivity index (χ0n) is 15.7. The molecule has 28 heavy (non-hydrogen) atoms. The number of nitrogens with zero attached hydrogens (tertiary/aromatic N) is 1. The van der Waals surface area contributed by atoms with E-state index >= 15 is 0 Å². The standard InChI is InChI=1S/C20H24ClFN2O3S/c1-27-19-8-4-3-7-16(19)18(24-11-5-2-6-12-24)14-23-28(25,26)20-10-9-15(22)13-17(20)21/h3-4,7-10,13,18,23H,2,5-6,11-12,14H2,1H3/t18-/m0/s1. The molecule has 0 saturated carbocycles. The van der Waals surface area contributed by atoms with Crippen molar-refractivity contribution in [2.75, 3.05) is 26.7 Å². The van der Waals surface area contributed by atoms with Crippen molar-refractivity contribution in [3.63, 3.8) is 0 Å². The molecule has 8 heteroatoms. The van der Waals surface area contributed by atoms with Gasteiger partial charge in [-0.05, 0) is 50.2 Å². The molecular weight excluding hydrogens is 403 g/mol. The lowest BCUT2D eigenvalue weighted by molar-refractivity contribution is 0.162. The van der Waals surface area contributed by atoms with Gasteiger partial charge in [-0.25, -0.2) is 17.5 Å². The Labute approximate surface area is 170 Å². The zero-order chi connectivity index (χ0) is 20.1. The van der Waals surface area contributed by atoms with Gasteiger partial charge < -0.3 is 4.74 Å². The monoisotopic (exact) mass is 426 g/mol. The van der Waals surface area contributed by atoms with Crippen molar-refractivity contribution in [2.24, 2.45) is 0 Å². The molecular formula is C20H24ClFN2O3S. The van der Waals surface area contributed by atoms with Gasteiger partial charge in [-0.2, -0.15) is 0 Å². The lowest BCUT2D eigenvalue weighted by atomic mass is 10.0. The molecule has 3 rings (SSSR count). The molecule has 0 radical (unpaired) electrons. The molecule has 2 aromatic rings. The summed E-state index contributed by atoms with van der Waals surface area (Å²) in [6, 6.07) is 10.7. The predicted octanol–water partition coefficient (Wildman–Crippen LogP) is 3.99. The van der Waals surface area contributed by atoms with E-state index in [2.05, 4.69) is 9.62 Å². The summed E-state index contributed by atoms with van der Waals surface area (Å²) < 4.78 is 47.0. The van der Waals surface area contributed by atoms with Gasteiger partial charge in [-0.3, -0.25) is 4.90 Å². The average Bonchev–Trinajstić information content (AvgIpc) is 2.69. The number of sulfonamides is 1. The molecule has 0 aromatic heterocycles. The van der Waals surface area contributed by atoms with Crippen molar-refractivity contribution in [2.45, 2.75) is 30.2 Å². The average molecular weight is 427 g/mol. The van der Waals surface area contributed by atoms with Gasteiger partial charge in [0, 0.05) is 12.1 Å². The number of likely N-dealkylation sites (tertiary alicyclic amines) is 1. The lowest BCUT2D eigenvalue weighted by Crippen LogP contribution is -2.40. The van der Waals surface area contributed by atoms with Gasteiger partial charge in [-0.15, -0.1) is 0 Å². The van der Waals surface area contributed by atoms with Crippen LogP contribution in [0.3, 0.4) is 0 Å². The Hall–Kier alpha value is -1.67. The molecule has 1 saturated heterocycles. The van der Waals surface area contributed by atoms with Crippen LogP contribution < -0.4 is 9.46 Å². The number of benzene rings is 2. The minimum Gasteiger partial charge on any atom is -0.496 e. The van der Waals surface area contributed by atoms with Crippen LogP contribution in [0.2, 0.25) is 5.02 Å². The summed E-state index contributed by atoms with van der Waals surface area (Å²) in [7, 11) is -2.28. The summed E-state index contributed by atoms with van der Waals surface area (Å²) in [6.07, 6.45) is 3.32. The van der Waals surface area contributed by atoms with E-state index in [1.54, 1.807) is 7.11 Å². The third-order valence-electron chi connectivity index (χ3n) is 4.98. The van der Waals surface area contributed by atoms with Gasteiger partial charge in [0.05, 0.1) is 18.2 Å². The van der Waals surface area contributed by atoms with Gasteiger partial charge in [-0.1, -0.05) is 36.2 Å². The molecule has 1 N–H and O–H groups in total. The van der Waals surface area contributed by atoms with Crippen LogP contribution in [0, 0.1) is 5.82 Å². The molecule has 0 amide bonds. The second-order valence-electron chi connectivity index (χ2n) is 6.78. The van der Waals surface area contributed by atoms with Gasteiger partial charge in [0.25, 0.3) is 0 Å². The molecule has 1 heterocycles. The molecule has 0 aliphatic carbocycles. The zero-order valence-corrected chi connectivity index (χ0v) is 17.3. The second-order valence-corrected chi connectivity index (χ2v) is 8.92. The first-order valence-electron chi connectivity index (χ1n) is 9.24. The smallest absolute Gasteiger partial charge is 0.242 e.